The monoisotopic (exact) mass is 774 g/mol. The van der Waals surface area contributed by atoms with E-state index >= 15 is 0 Å². The number of allylic oxidation sites excluding steroid dienone is 4. The normalized spacial score (nSPS) is 21.3. The molecule has 56 heavy (non-hydrogen) atoms. The third-order valence-electron chi connectivity index (χ3n) is 9.98. The number of likely N-dealkylation sites (tertiary alicyclic amines) is 1. The topological polar surface area (TPSA) is 168 Å². The molecule has 1 fully saturated rings. The lowest BCUT2D eigenvalue weighted by Crippen LogP contribution is -2.60. The fourth-order valence-electron chi connectivity index (χ4n) is 6.70. The molecule has 0 spiro atoms. The van der Waals surface area contributed by atoms with Gasteiger partial charge in [0.15, 0.2) is 0 Å². The van der Waals surface area contributed by atoms with Gasteiger partial charge in [-0.3, -0.25) is 23.9 Å². The van der Waals surface area contributed by atoms with Crippen molar-refractivity contribution in [3.8, 4) is 0 Å². The molecule has 2 heterocycles. The van der Waals surface area contributed by atoms with Gasteiger partial charge in [-0.25, -0.2) is 14.4 Å². The second kappa shape index (κ2) is 18.0. The first kappa shape index (κ1) is 43.3. The fraction of sp³-hybridized carbons (Fsp3) is 0.524. The number of hydrogen-bond acceptors (Lipinski definition) is 8. The third kappa shape index (κ3) is 11.1. The molecule has 0 radical (unpaired) electrons. The van der Waals surface area contributed by atoms with Crippen LogP contribution in [0.2, 0.25) is 0 Å². The van der Waals surface area contributed by atoms with Gasteiger partial charge in [-0.2, -0.15) is 0 Å². The summed E-state index contributed by atoms with van der Waals surface area (Å²) < 4.78 is 11.7. The number of aromatic nitrogens is 1. The maximum atomic E-state index is 14.7. The second-order valence-corrected chi connectivity index (χ2v) is 16.7. The summed E-state index contributed by atoms with van der Waals surface area (Å²) in [5, 5.41) is 9.68. The van der Waals surface area contributed by atoms with Crippen molar-refractivity contribution in [2.45, 2.75) is 116 Å². The standard InChI is InChI=1S/C42H58N6O8/c1-26-15-12-11-13-17-30(18-14-16-26)43-36(50)33-24-31(44-39(53)47-22-21-28-23-29(38(52)55-10)19-20-32(28)47)25-48(33)37(51)34(41(3,4)5)45-35(49)27(2)46(9)40(54)56-42(6,7)8/h11-13,15,19-23,27,30-31,33-34H,1,14,16-18,24-25H2,2-10H3,(H,43,50)(H,44,53)(H,45,49)/b13-11-,15-12-/t27-,30-,31-,33-,34+/m0/s1. The Bertz CT molecular complexity index is 1880. The number of amides is 5. The molecule has 0 saturated carbocycles. The van der Waals surface area contributed by atoms with E-state index in [9.17, 15) is 28.8 Å². The van der Waals surface area contributed by atoms with Crippen molar-refractivity contribution in [1.29, 1.82) is 0 Å². The maximum Gasteiger partial charge on any atom is 0.410 e. The smallest absolute Gasteiger partial charge is 0.410 e. The van der Waals surface area contributed by atoms with Crippen molar-refractivity contribution < 1.29 is 38.2 Å². The first-order chi connectivity index (χ1) is 26.2. The van der Waals surface area contributed by atoms with Gasteiger partial charge in [-0.15, -0.1) is 0 Å². The summed E-state index contributed by atoms with van der Waals surface area (Å²) in [6.45, 7) is 16.2. The van der Waals surface area contributed by atoms with Gasteiger partial charge in [0, 0.05) is 31.2 Å². The van der Waals surface area contributed by atoms with Crippen LogP contribution in [-0.4, -0.2) is 107 Å². The number of benzene rings is 1. The van der Waals surface area contributed by atoms with E-state index in [2.05, 4.69) is 22.5 Å². The lowest BCUT2D eigenvalue weighted by Gasteiger charge is -2.37. The lowest BCUT2D eigenvalue weighted by molar-refractivity contribution is -0.144. The van der Waals surface area contributed by atoms with Gasteiger partial charge in [0.25, 0.3) is 0 Å². The van der Waals surface area contributed by atoms with Crippen LogP contribution in [0.15, 0.2) is 66.9 Å². The molecule has 304 valence electrons. The lowest BCUT2D eigenvalue weighted by atomic mass is 9.85. The molecule has 5 atom stereocenters. The Labute approximate surface area is 329 Å². The Morgan fingerprint density at radius 3 is 2.36 bits per heavy atom. The zero-order valence-electron chi connectivity index (χ0n) is 34.1. The van der Waals surface area contributed by atoms with Crippen molar-refractivity contribution in [2.24, 2.45) is 5.41 Å². The van der Waals surface area contributed by atoms with Gasteiger partial charge < -0.3 is 30.3 Å². The molecule has 5 amide bonds. The molecule has 1 aliphatic carbocycles. The molecule has 2 aliphatic rings. The van der Waals surface area contributed by atoms with Crippen LogP contribution in [0.4, 0.5) is 9.59 Å². The number of esters is 1. The van der Waals surface area contributed by atoms with Crippen LogP contribution in [0.1, 0.15) is 90.9 Å². The van der Waals surface area contributed by atoms with Crippen LogP contribution in [0.5, 0.6) is 0 Å². The van der Waals surface area contributed by atoms with E-state index in [1.54, 1.807) is 78.9 Å². The number of fused-ring (bicyclic) bond motifs is 1. The highest BCUT2D eigenvalue weighted by Crippen LogP contribution is 2.28. The average molecular weight is 775 g/mol. The summed E-state index contributed by atoms with van der Waals surface area (Å²) in [7, 11) is 2.75. The van der Waals surface area contributed by atoms with Crippen LogP contribution >= 0.6 is 0 Å². The number of nitrogens with zero attached hydrogens (tertiary/aromatic N) is 3. The van der Waals surface area contributed by atoms with Crippen LogP contribution in [0.3, 0.4) is 0 Å². The minimum atomic E-state index is -1.10. The molecule has 0 bridgehead atoms. The number of rotatable bonds is 8. The van der Waals surface area contributed by atoms with E-state index < -0.39 is 65.1 Å². The van der Waals surface area contributed by atoms with Crippen LogP contribution < -0.4 is 16.0 Å². The Morgan fingerprint density at radius 2 is 1.70 bits per heavy atom. The zero-order chi connectivity index (χ0) is 41.5. The highest BCUT2D eigenvalue weighted by Gasteiger charge is 2.46. The van der Waals surface area contributed by atoms with Gasteiger partial charge in [0.05, 0.1) is 24.2 Å². The molecule has 2 aromatic rings. The number of carbonyl (C=O) groups is 6. The third-order valence-corrected chi connectivity index (χ3v) is 9.98. The van der Waals surface area contributed by atoms with Crippen molar-refractivity contribution in [2.75, 3.05) is 20.7 Å². The largest absolute Gasteiger partial charge is 0.465 e. The van der Waals surface area contributed by atoms with Crippen LogP contribution in [0.25, 0.3) is 10.9 Å². The number of carbonyl (C=O) groups excluding carboxylic acids is 6. The van der Waals surface area contributed by atoms with E-state index in [0.29, 0.717) is 29.3 Å². The van der Waals surface area contributed by atoms with Gasteiger partial charge >= 0.3 is 18.1 Å². The molecule has 1 saturated heterocycles. The number of likely N-dealkylation sites (N-methyl/N-ethyl adjacent to an activating group) is 1. The first-order valence-corrected chi connectivity index (χ1v) is 19.1. The highest BCUT2D eigenvalue weighted by molar-refractivity contribution is 5.98. The number of hydrogen-bond donors (Lipinski definition) is 3. The molecule has 3 N–H and O–H groups in total. The molecule has 4 rings (SSSR count). The Morgan fingerprint density at radius 1 is 0.982 bits per heavy atom. The van der Waals surface area contributed by atoms with E-state index in [-0.39, 0.29) is 24.9 Å². The number of nitrogens with one attached hydrogen (secondary N) is 3. The van der Waals surface area contributed by atoms with Gasteiger partial charge in [-0.1, -0.05) is 57.2 Å². The minimum Gasteiger partial charge on any atom is -0.465 e. The fourth-order valence-corrected chi connectivity index (χ4v) is 6.70. The van der Waals surface area contributed by atoms with Crippen molar-refractivity contribution in [1.82, 2.24) is 30.3 Å². The minimum absolute atomic E-state index is 0.000641. The molecule has 1 aromatic carbocycles. The number of ether oxygens (including phenoxy) is 2. The predicted molar refractivity (Wildman–Crippen MR) is 214 cm³/mol. The molecule has 14 nitrogen and oxygen atoms in total. The van der Waals surface area contributed by atoms with E-state index in [4.69, 9.17) is 9.47 Å². The van der Waals surface area contributed by atoms with Gasteiger partial charge in [-0.05, 0) is 89.5 Å². The summed E-state index contributed by atoms with van der Waals surface area (Å²) in [4.78, 5) is 83.7. The summed E-state index contributed by atoms with van der Waals surface area (Å²) >= 11 is 0. The SMILES string of the molecule is C=C1/C=C\C=C/C[C@H](NC(=O)[C@@H]2C[C@H](NC(=O)n3ccc4cc(C(=O)OC)ccc43)CN2C(=O)[C@@H](NC(=O)[C@H](C)N(C)C(=O)OC(C)(C)C)C(C)(C)C)CCC1. The summed E-state index contributed by atoms with van der Waals surface area (Å²) in [5.41, 5.74) is 0.299. The van der Waals surface area contributed by atoms with E-state index in [0.717, 1.165) is 18.4 Å². The summed E-state index contributed by atoms with van der Waals surface area (Å²) in [6, 6.07) is 2.21. The van der Waals surface area contributed by atoms with Crippen LogP contribution in [0, 0.1) is 5.41 Å². The maximum absolute atomic E-state index is 14.7. The van der Waals surface area contributed by atoms with Gasteiger partial charge in [0.2, 0.25) is 17.7 Å². The van der Waals surface area contributed by atoms with Crippen LogP contribution in [-0.2, 0) is 23.9 Å². The molecule has 0 unspecified atom stereocenters. The second-order valence-electron chi connectivity index (χ2n) is 16.7. The molecular weight excluding hydrogens is 716 g/mol. The van der Waals surface area contributed by atoms with Crippen molar-refractivity contribution in [3.63, 3.8) is 0 Å². The summed E-state index contributed by atoms with van der Waals surface area (Å²) in [6.07, 6.45) is 11.7. The predicted octanol–water partition coefficient (Wildman–Crippen LogP) is 5.47. The molecule has 1 aliphatic heterocycles. The molecular formula is C42H58N6O8. The molecule has 1 aromatic heterocycles. The first-order valence-electron chi connectivity index (χ1n) is 19.1. The Hall–Kier alpha value is -5.40. The highest BCUT2D eigenvalue weighted by atomic mass is 16.6. The van der Waals surface area contributed by atoms with E-state index in [1.807, 2.05) is 24.3 Å². The average Bonchev–Trinajstić information content (AvgIpc) is 3.75. The van der Waals surface area contributed by atoms with E-state index in [1.165, 1.54) is 28.5 Å². The zero-order valence-corrected chi connectivity index (χ0v) is 34.1. The van der Waals surface area contributed by atoms with Gasteiger partial charge in [0.1, 0.15) is 23.7 Å². The molecule has 14 heteroatoms. The van der Waals surface area contributed by atoms with Crippen molar-refractivity contribution >= 4 is 46.7 Å². The number of methoxy groups -OCH3 is 1. The quantitative estimate of drug-likeness (QED) is 0.297. The Kier molecular flexibility index (Phi) is 14.0. The van der Waals surface area contributed by atoms with Crippen molar-refractivity contribution in [3.05, 3.63) is 72.5 Å². The Balaban J connectivity index is 1.60. The summed E-state index contributed by atoms with van der Waals surface area (Å²) in [5.74, 6) is -1.93.